The van der Waals surface area contributed by atoms with Crippen molar-refractivity contribution < 1.29 is 14.1 Å². The fourth-order valence-corrected chi connectivity index (χ4v) is 1.64. The normalized spacial score (nSPS) is 10.3. The maximum atomic E-state index is 13.4. The van der Waals surface area contributed by atoms with Crippen LogP contribution in [-0.4, -0.2) is 15.8 Å². The minimum Gasteiger partial charge on any atom is -0.349 e. The average Bonchev–Trinajstić information content (AvgIpc) is 2.76. The summed E-state index contributed by atoms with van der Waals surface area (Å²) in [6.07, 6.45) is 4.02. The summed E-state index contributed by atoms with van der Waals surface area (Å²) in [4.78, 5) is 20.2. The van der Waals surface area contributed by atoms with Crippen molar-refractivity contribution in [2.75, 3.05) is 0 Å². The lowest BCUT2D eigenvalue weighted by Gasteiger charge is -2.03. The molecule has 0 saturated carbocycles. The van der Waals surface area contributed by atoms with E-state index in [0.717, 1.165) is 12.1 Å². The molecule has 18 heavy (non-hydrogen) atoms. The molecule has 1 aromatic carbocycles. The van der Waals surface area contributed by atoms with Gasteiger partial charge in [0.05, 0.1) is 4.92 Å². The average molecular weight is 248 g/mol. The summed E-state index contributed by atoms with van der Waals surface area (Å²) in [6.45, 7) is 0.350. The number of carbonyl (C=O) groups excluding carboxylic acids is 1. The van der Waals surface area contributed by atoms with Gasteiger partial charge in [-0.2, -0.15) is 4.39 Å². The highest BCUT2D eigenvalue weighted by Gasteiger charge is 2.13. The van der Waals surface area contributed by atoms with Crippen LogP contribution in [0.15, 0.2) is 36.7 Å². The summed E-state index contributed by atoms with van der Waals surface area (Å²) in [7, 11) is 0. The van der Waals surface area contributed by atoms with Gasteiger partial charge >= 0.3 is 5.69 Å². The molecule has 0 N–H and O–H groups in total. The summed E-state index contributed by atoms with van der Waals surface area (Å²) in [6, 6.07) is 5.38. The number of aldehydes is 1. The zero-order chi connectivity index (χ0) is 13.1. The number of hydrogen-bond acceptors (Lipinski definition) is 3. The van der Waals surface area contributed by atoms with E-state index in [1.807, 2.05) is 0 Å². The number of nitro groups is 1. The molecular weight excluding hydrogens is 239 g/mol. The zero-order valence-corrected chi connectivity index (χ0v) is 9.25. The largest absolute Gasteiger partial charge is 0.349 e. The molecule has 0 atom stereocenters. The van der Waals surface area contributed by atoms with E-state index in [4.69, 9.17) is 0 Å². The van der Waals surface area contributed by atoms with Gasteiger partial charge in [-0.15, -0.1) is 0 Å². The van der Waals surface area contributed by atoms with Crippen molar-refractivity contribution in [3.63, 3.8) is 0 Å². The molecule has 2 rings (SSSR count). The minimum absolute atomic E-state index is 0.350. The first-order valence-corrected chi connectivity index (χ1v) is 5.14. The molecular formula is C12H9FN2O3. The van der Waals surface area contributed by atoms with Crippen LogP contribution in [-0.2, 0) is 6.54 Å². The minimum atomic E-state index is -0.861. The van der Waals surface area contributed by atoms with E-state index in [1.165, 1.54) is 6.07 Å². The zero-order valence-electron chi connectivity index (χ0n) is 9.25. The van der Waals surface area contributed by atoms with Crippen LogP contribution in [0.2, 0.25) is 0 Å². The van der Waals surface area contributed by atoms with E-state index >= 15 is 0 Å². The van der Waals surface area contributed by atoms with Gasteiger partial charge in [-0.05, 0) is 17.7 Å². The number of benzene rings is 1. The molecule has 0 aliphatic carbocycles. The van der Waals surface area contributed by atoms with E-state index in [1.54, 1.807) is 23.0 Å². The molecule has 0 unspecified atom stereocenters. The van der Waals surface area contributed by atoms with Gasteiger partial charge in [0, 0.05) is 30.6 Å². The van der Waals surface area contributed by atoms with Gasteiger partial charge in [-0.1, -0.05) is 6.07 Å². The van der Waals surface area contributed by atoms with Gasteiger partial charge in [0.1, 0.15) is 0 Å². The Morgan fingerprint density at radius 3 is 2.72 bits per heavy atom. The highest BCUT2D eigenvalue weighted by molar-refractivity contribution is 5.74. The lowest BCUT2D eigenvalue weighted by atomic mass is 10.2. The fourth-order valence-electron chi connectivity index (χ4n) is 1.64. The fraction of sp³-hybridized carbons (Fsp3) is 0.0833. The Kier molecular flexibility index (Phi) is 3.18. The molecule has 0 aliphatic rings. The van der Waals surface area contributed by atoms with E-state index in [2.05, 4.69) is 0 Å². The number of aromatic nitrogens is 1. The standard InChI is InChI=1S/C12H9FN2O3/c13-11-5-9(1-2-12(11)15(17)18)6-14-4-3-10(7-14)8-16/h1-5,7-8H,6H2. The first-order chi connectivity index (χ1) is 8.60. The molecule has 0 bridgehead atoms. The Morgan fingerprint density at radius 2 is 2.17 bits per heavy atom. The number of halogens is 1. The summed E-state index contributed by atoms with van der Waals surface area (Å²) in [5, 5.41) is 10.5. The van der Waals surface area contributed by atoms with Crippen LogP contribution >= 0.6 is 0 Å². The van der Waals surface area contributed by atoms with Crippen molar-refractivity contribution in [1.82, 2.24) is 4.57 Å². The third-order valence-corrected chi connectivity index (χ3v) is 2.48. The highest BCUT2D eigenvalue weighted by atomic mass is 19.1. The Labute approximate surface area is 102 Å². The first-order valence-electron chi connectivity index (χ1n) is 5.14. The summed E-state index contributed by atoms with van der Waals surface area (Å²) in [5.41, 5.74) is 0.573. The predicted octanol–water partition coefficient (Wildman–Crippen LogP) is 2.40. The first kappa shape index (κ1) is 12.0. The van der Waals surface area contributed by atoms with Crippen LogP contribution in [0.4, 0.5) is 10.1 Å². The third-order valence-electron chi connectivity index (χ3n) is 2.48. The van der Waals surface area contributed by atoms with Crippen molar-refractivity contribution in [2.24, 2.45) is 0 Å². The lowest BCUT2D eigenvalue weighted by Crippen LogP contribution is -1.99. The monoisotopic (exact) mass is 248 g/mol. The number of nitro benzene ring substituents is 1. The topological polar surface area (TPSA) is 65.1 Å². The van der Waals surface area contributed by atoms with Gasteiger partial charge < -0.3 is 4.57 Å². The van der Waals surface area contributed by atoms with Crippen molar-refractivity contribution in [2.45, 2.75) is 6.54 Å². The lowest BCUT2D eigenvalue weighted by molar-refractivity contribution is -0.387. The highest BCUT2D eigenvalue weighted by Crippen LogP contribution is 2.18. The van der Waals surface area contributed by atoms with Crippen LogP contribution in [0.5, 0.6) is 0 Å². The van der Waals surface area contributed by atoms with Gasteiger partial charge in [0.15, 0.2) is 6.29 Å². The maximum Gasteiger partial charge on any atom is 0.304 e. The molecule has 1 aromatic heterocycles. The molecule has 5 nitrogen and oxygen atoms in total. The van der Waals surface area contributed by atoms with Crippen LogP contribution in [0, 0.1) is 15.9 Å². The quantitative estimate of drug-likeness (QED) is 0.474. The molecule has 2 aromatic rings. The van der Waals surface area contributed by atoms with Crippen LogP contribution < -0.4 is 0 Å². The van der Waals surface area contributed by atoms with E-state index in [-0.39, 0.29) is 0 Å². The summed E-state index contributed by atoms with van der Waals surface area (Å²) < 4.78 is 15.1. The molecule has 6 heteroatoms. The Balaban J connectivity index is 2.22. The van der Waals surface area contributed by atoms with E-state index < -0.39 is 16.4 Å². The SMILES string of the molecule is O=Cc1ccn(Cc2ccc([N+](=O)[O-])c(F)c2)c1. The Morgan fingerprint density at radius 1 is 1.39 bits per heavy atom. The van der Waals surface area contributed by atoms with Crippen molar-refractivity contribution >= 4 is 12.0 Å². The van der Waals surface area contributed by atoms with Gasteiger partial charge in [-0.3, -0.25) is 14.9 Å². The summed E-state index contributed by atoms with van der Waals surface area (Å²) >= 11 is 0. The molecule has 0 radical (unpaired) electrons. The molecule has 1 heterocycles. The van der Waals surface area contributed by atoms with E-state index in [0.29, 0.717) is 24.0 Å². The van der Waals surface area contributed by atoms with Crippen LogP contribution in [0.1, 0.15) is 15.9 Å². The number of hydrogen-bond donors (Lipinski definition) is 0. The molecule has 0 aliphatic heterocycles. The second kappa shape index (κ2) is 4.79. The van der Waals surface area contributed by atoms with E-state index in [9.17, 15) is 19.3 Å². The molecule has 0 fully saturated rings. The van der Waals surface area contributed by atoms with Crippen LogP contribution in [0.3, 0.4) is 0 Å². The second-order valence-electron chi connectivity index (χ2n) is 3.78. The summed E-state index contributed by atoms with van der Waals surface area (Å²) in [5.74, 6) is -0.861. The maximum absolute atomic E-state index is 13.4. The van der Waals surface area contributed by atoms with Crippen molar-refractivity contribution in [1.29, 1.82) is 0 Å². The number of carbonyl (C=O) groups is 1. The second-order valence-corrected chi connectivity index (χ2v) is 3.78. The molecule has 0 spiro atoms. The number of rotatable bonds is 4. The van der Waals surface area contributed by atoms with Gasteiger partial charge in [-0.25, -0.2) is 0 Å². The van der Waals surface area contributed by atoms with Gasteiger partial charge in [0.25, 0.3) is 0 Å². The molecule has 92 valence electrons. The van der Waals surface area contributed by atoms with Crippen LogP contribution in [0.25, 0.3) is 0 Å². The number of nitrogens with zero attached hydrogens (tertiary/aromatic N) is 2. The Hall–Kier alpha value is -2.50. The smallest absolute Gasteiger partial charge is 0.304 e. The Bertz CT molecular complexity index is 607. The molecule has 0 amide bonds. The van der Waals surface area contributed by atoms with Crippen molar-refractivity contribution in [3.05, 3.63) is 63.7 Å². The van der Waals surface area contributed by atoms with Crippen molar-refractivity contribution in [3.8, 4) is 0 Å². The third kappa shape index (κ3) is 2.42. The van der Waals surface area contributed by atoms with Gasteiger partial charge in [0.2, 0.25) is 5.82 Å². The predicted molar refractivity (Wildman–Crippen MR) is 62.0 cm³/mol. The molecule has 0 saturated heterocycles.